The van der Waals surface area contributed by atoms with Crippen molar-refractivity contribution >= 4 is 29.5 Å². The summed E-state index contributed by atoms with van der Waals surface area (Å²) >= 11 is 4.06. The lowest BCUT2D eigenvalue weighted by Gasteiger charge is -2.37. The quantitative estimate of drug-likeness (QED) is 0.568. The van der Waals surface area contributed by atoms with Crippen molar-refractivity contribution in [3.05, 3.63) is 0 Å². The largest absolute Gasteiger partial charge is 0.469 e. The molecule has 1 heterocycles. The number of thioether (sulfide) groups is 2. The molecular weight excluding hydrogens is 344 g/mol. The van der Waals surface area contributed by atoms with Crippen LogP contribution in [0.1, 0.15) is 47.0 Å². The minimum atomic E-state index is -0.676. The molecular formula is C18H34O4S2. The Morgan fingerprint density at radius 2 is 1.79 bits per heavy atom. The van der Waals surface area contributed by atoms with E-state index in [1.54, 1.807) is 6.92 Å². The number of methoxy groups -OCH3 is 1. The number of ether oxygens (including phenoxy) is 1. The molecule has 1 aliphatic heterocycles. The molecule has 24 heavy (non-hydrogen) atoms. The Labute approximate surface area is 155 Å². The molecule has 0 saturated carbocycles. The molecule has 0 aromatic rings. The van der Waals surface area contributed by atoms with Crippen molar-refractivity contribution in [2.24, 2.45) is 23.7 Å². The van der Waals surface area contributed by atoms with Gasteiger partial charge in [-0.15, -0.1) is 23.5 Å². The van der Waals surface area contributed by atoms with Crippen molar-refractivity contribution in [2.45, 2.75) is 57.1 Å². The molecule has 1 saturated heterocycles. The van der Waals surface area contributed by atoms with Gasteiger partial charge in [-0.25, -0.2) is 0 Å². The summed E-state index contributed by atoms with van der Waals surface area (Å²) in [5.41, 5.74) is 0. The van der Waals surface area contributed by atoms with Gasteiger partial charge in [0.2, 0.25) is 0 Å². The first-order valence-corrected chi connectivity index (χ1v) is 10.9. The van der Waals surface area contributed by atoms with E-state index in [4.69, 9.17) is 4.74 Å². The zero-order chi connectivity index (χ0) is 18.3. The van der Waals surface area contributed by atoms with Crippen LogP contribution in [0.25, 0.3) is 0 Å². The van der Waals surface area contributed by atoms with E-state index in [9.17, 15) is 15.0 Å². The van der Waals surface area contributed by atoms with Crippen molar-refractivity contribution in [2.75, 3.05) is 25.2 Å². The smallest absolute Gasteiger partial charge is 0.311 e. The molecule has 0 radical (unpaired) electrons. The van der Waals surface area contributed by atoms with Crippen LogP contribution in [0.2, 0.25) is 0 Å². The Balaban J connectivity index is 2.67. The minimum Gasteiger partial charge on any atom is -0.469 e. The maximum atomic E-state index is 11.7. The van der Waals surface area contributed by atoms with Crippen LogP contribution < -0.4 is 0 Å². The lowest BCUT2D eigenvalue weighted by atomic mass is 9.84. The summed E-state index contributed by atoms with van der Waals surface area (Å²) in [6, 6.07) is 0. The van der Waals surface area contributed by atoms with Crippen LogP contribution in [0, 0.1) is 23.7 Å². The third kappa shape index (κ3) is 5.82. The van der Waals surface area contributed by atoms with Gasteiger partial charge < -0.3 is 14.9 Å². The van der Waals surface area contributed by atoms with Crippen LogP contribution in [-0.2, 0) is 9.53 Å². The second-order valence-electron chi connectivity index (χ2n) is 7.25. The standard InChI is InChI=1S/C18H34O4S2/c1-12(11-19)6-7-18(23-8-9-24-18)14(3)10-13(2)16(20)15(4)17(21)22-5/h12-16,19-20H,6-11H2,1-5H3/t12-,13-,14+,15+,16-/m0/s1. The van der Waals surface area contributed by atoms with Gasteiger partial charge in [0, 0.05) is 18.1 Å². The Hall–Kier alpha value is 0.0900. The number of carbonyl (C=O) groups excluding carboxylic acids is 1. The third-order valence-corrected chi connectivity index (χ3v) is 9.19. The number of hydrogen-bond donors (Lipinski definition) is 2. The first kappa shape index (κ1) is 22.1. The maximum Gasteiger partial charge on any atom is 0.311 e. The van der Waals surface area contributed by atoms with Crippen molar-refractivity contribution in [3.8, 4) is 0 Å². The van der Waals surface area contributed by atoms with Gasteiger partial charge in [0.05, 0.1) is 23.2 Å². The second-order valence-corrected chi connectivity index (χ2v) is 10.4. The van der Waals surface area contributed by atoms with Crippen LogP contribution in [0.4, 0.5) is 0 Å². The summed E-state index contributed by atoms with van der Waals surface area (Å²) in [6.45, 7) is 8.35. The molecule has 5 atom stereocenters. The van der Waals surface area contributed by atoms with Crippen molar-refractivity contribution < 1.29 is 19.7 Å². The fraction of sp³-hybridized carbons (Fsp3) is 0.944. The Morgan fingerprint density at radius 1 is 1.21 bits per heavy atom. The molecule has 1 fully saturated rings. The average Bonchev–Trinajstić information content (AvgIpc) is 3.07. The molecule has 0 unspecified atom stereocenters. The summed E-state index contributed by atoms with van der Waals surface area (Å²) in [6.07, 6.45) is 2.32. The second kappa shape index (κ2) is 10.3. The number of carbonyl (C=O) groups is 1. The van der Waals surface area contributed by atoms with Crippen LogP contribution in [-0.4, -0.2) is 51.6 Å². The number of aliphatic hydroxyl groups excluding tert-OH is 2. The number of hydrogen-bond acceptors (Lipinski definition) is 6. The molecule has 0 aromatic heterocycles. The zero-order valence-corrected chi connectivity index (χ0v) is 17.3. The van der Waals surface area contributed by atoms with E-state index in [2.05, 4.69) is 13.8 Å². The predicted octanol–water partition coefficient (Wildman–Crippen LogP) is 3.40. The highest BCUT2D eigenvalue weighted by atomic mass is 32.2. The van der Waals surface area contributed by atoms with E-state index < -0.39 is 12.0 Å². The van der Waals surface area contributed by atoms with Crippen molar-refractivity contribution in [3.63, 3.8) is 0 Å². The summed E-state index contributed by atoms with van der Waals surface area (Å²) in [5.74, 6) is 2.30. The molecule has 2 N–H and O–H groups in total. The molecule has 0 aliphatic carbocycles. The minimum absolute atomic E-state index is 0.0445. The lowest BCUT2D eigenvalue weighted by molar-refractivity contribution is -0.150. The van der Waals surface area contributed by atoms with E-state index in [1.807, 2.05) is 30.4 Å². The number of rotatable bonds is 10. The predicted molar refractivity (Wildman–Crippen MR) is 103 cm³/mol. The van der Waals surface area contributed by atoms with E-state index in [-0.39, 0.29) is 22.6 Å². The SMILES string of the molecule is COC(=O)[C@H](C)[C@@H](O)[C@@H](C)C[C@@H](C)C1(CC[C@H](C)CO)SCCS1. The van der Waals surface area contributed by atoms with Crippen molar-refractivity contribution in [1.29, 1.82) is 0 Å². The zero-order valence-electron chi connectivity index (χ0n) is 15.7. The van der Waals surface area contributed by atoms with Gasteiger partial charge in [0.15, 0.2) is 0 Å². The Kier molecular flexibility index (Phi) is 9.49. The highest BCUT2D eigenvalue weighted by molar-refractivity contribution is 8.21. The van der Waals surface area contributed by atoms with Gasteiger partial charge in [-0.05, 0) is 43.9 Å². The molecule has 4 nitrogen and oxygen atoms in total. The first-order chi connectivity index (χ1) is 11.3. The van der Waals surface area contributed by atoms with Crippen LogP contribution in [0.15, 0.2) is 0 Å². The maximum absolute atomic E-state index is 11.7. The van der Waals surface area contributed by atoms with Crippen LogP contribution in [0.5, 0.6) is 0 Å². The molecule has 6 heteroatoms. The summed E-state index contributed by atoms with van der Waals surface area (Å²) in [4.78, 5) is 11.7. The molecule has 0 aromatic carbocycles. The van der Waals surface area contributed by atoms with Crippen molar-refractivity contribution in [1.82, 2.24) is 0 Å². The topological polar surface area (TPSA) is 66.8 Å². The average molecular weight is 379 g/mol. The molecule has 1 rings (SSSR count). The first-order valence-electron chi connectivity index (χ1n) is 8.92. The normalized spacial score (nSPS) is 23.3. The van der Waals surface area contributed by atoms with E-state index in [1.165, 1.54) is 7.11 Å². The highest BCUT2D eigenvalue weighted by Crippen LogP contribution is 2.54. The summed E-state index contributed by atoms with van der Waals surface area (Å²) in [7, 11) is 1.36. The molecule has 0 spiro atoms. The fourth-order valence-electron chi connectivity index (χ4n) is 3.38. The van der Waals surface area contributed by atoms with Gasteiger partial charge in [-0.2, -0.15) is 0 Å². The van der Waals surface area contributed by atoms with Gasteiger partial charge >= 0.3 is 5.97 Å². The van der Waals surface area contributed by atoms with Crippen LogP contribution in [0.3, 0.4) is 0 Å². The van der Waals surface area contributed by atoms with Gasteiger partial charge in [-0.1, -0.05) is 20.8 Å². The monoisotopic (exact) mass is 378 g/mol. The molecule has 0 amide bonds. The van der Waals surface area contributed by atoms with E-state index in [0.29, 0.717) is 11.8 Å². The van der Waals surface area contributed by atoms with E-state index in [0.717, 1.165) is 30.8 Å². The molecule has 1 aliphatic rings. The molecule has 0 bridgehead atoms. The Bertz CT molecular complexity index is 385. The number of aliphatic hydroxyl groups is 2. The van der Waals surface area contributed by atoms with Crippen LogP contribution >= 0.6 is 23.5 Å². The van der Waals surface area contributed by atoms with Gasteiger partial charge in [0.25, 0.3) is 0 Å². The summed E-state index contributed by atoms with van der Waals surface area (Å²) < 4.78 is 4.93. The van der Waals surface area contributed by atoms with Gasteiger partial charge in [-0.3, -0.25) is 4.79 Å². The number of esters is 1. The highest BCUT2D eigenvalue weighted by Gasteiger charge is 2.42. The third-order valence-electron chi connectivity index (χ3n) is 5.22. The summed E-state index contributed by atoms with van der Waals surface area (Å²) in [5, 5.41) is 19.8. The Morgan fingerprint density at radius 3 is 2.29 bits per heavy atom. The molecule has 142 valence electrons. The fourth-order valence-corrected chi connectivity index (χ4v) is 6.86. The van der Waals surface area contributed by atoms with E-state index >= 15 is 0 Å². The lowest BCUT2D eigenvalue weighted by Crippen LogP contribution is -2.36. The van der Waals surface area contributed by atoms with Gasteiger partial charge in [0.1, 0.15) is 0 Å².